The molecule has 0 spiro atoms. The van der Waals surface area contributed by atoms with E-state index in [1.54, 1.807) is 29.5 Å². The summed E-state index contributed by atoms with van der Waals surface area (Å²) in [5, 5.41) is 2.08. The molecule has 0 unspecified atom stereocenters. The van der Waals surface area contributed by atoms with E-state index in [0.717, 1.165) is 32.5 Å². The van der Waals surface area contributed by atoms with E-state index in [1.165, 1.54) is 9.78 Å². The lowest BCUT2D eigenvalue weighted by Gasteiger charge is -2.34. The molecule has 3 heterocycles. The molecule has 2 aliphatic rings. The molecule has 29 heavy (non-hydrogen) atoms. The Labute approximate surface area is 174 Å². The van der Waals surface area contributed by atoms with E-state index >= 15 is 0 Å². The Morgan fingerprint density at radius 1 is 1.03 bits per heavy atom. The molecular weight excluding hydrogens is 386 g/mol. The molecule has 7 heteroatoms. The second kappa shape index (κ2) is 8.47. The van der Waals surface area contributed by atoms with Crippen LogP contribution in [-0.4, -0.2) is 65.1 Å². The molecule has 152 valence electrons. The smallest absolute Gasteiger partial charge is 0.261 e. The standard InChI is InChI=1S/C22H25N3O3S/c1-2-3-8-25-21(27)18-7-6-16(14-19(18)22(25)28)20(26)24-11-9-23(10-12-24)15-17-5-4-13-29-17/h4-7,13-14H,2-3,8-12,15H2,1H3. The molecule has 0 N–H and O–H groups in total. The number of piperazine rings is 1. The van der Waals surface area contributed by atoms with Gasteiger partial charge in [0.2, 0.25) is 0 Å². The molecule has 4 rings (SSSR count). The van der Waals surface area contributed by atoms with Crippen LogP contribution in [0.4, 0.5) is 0 Å². The molecule has 1 aromatic heterocycles. The Kier molecular flexibility index (Phi) is 5.78. The minimum absolute atomic E-state index is 0.0733. The summed E-state index contributed by atoms with van der Waals surface area (Å²) in [5.74, 6) is -0.607. The summed E-state index contributed by atoms with van der Waals surface area (Å²) in [6.45, 7) is 6.36. The minimum atomic E-state index is -0.283. The first kappa shape index (κ1) is 19.8. The molecule has 6 nitrogen and oxygen atoms in total. The summed E-state index contributed by atoms with van der Waals surface area (Å²) in [5.41, 5.74) is 1.24. The Hall–Kier alpha value is -2.51. The molecule has 1 aromatic carbocycles. The molecule has 0 atom stereocenters. The van der Waals surface area contributed by atoms with Gasteiger partial charge in [-0.05, 0) is 36.1 Å². The van der Waals surface area contributed by atoms with Gasteiger partial charge in [0.25, 0.3) is 17.7 Å². The molecule has 1 fully saturated rings. The molecule has 0 bridgehead atoms. The van der Waals surface area contributed by atoms with Crippen LogP contribution >= 0.6 is 11.3 Å². The zero-order valence-corrected chi connectivity index (χ0v) is 17.4. The Bertz CT molecular complexity index is 917. The molecule has 0 radical (unpaired) electrons. The van der Waals surface area contributed by atoms with Crippen LogP contribution in [0, 0.1) is 0 Å². The second-order valence-electron chi connectivity index (χ2n) is 7.52. The van der Waals surface area contributed by atoms with Crippen molar-refractivity contribution in [1.82, 2.24) is 14.7 Å². The molecule has 0 aliphatic carbocycles. The summed E-state index contributed by atoms with van der Waals surface area (Å²) in [6.07, 6.45) is 1.70. The Morgan fingerprint density at radius 2 is 1.79 bits per heavy atom. The highest BCUT2D eigenvalue weighted by Crippen LogP contribution is 2.25. The molecule has 2 aromatic rings. The lowest BCUT2D eigenvalue weighted by atomic mass is 10.0. The maximum atomic E-state index is 13.0. The zero-order valence-electron chi connectivity index (χ0n) is 16.6. The van der Waals surface area contributed by atoms with Gasteiger partial charge in [-0.1, -0.05) is 19.4 Å². The van der Waals surface area contributed by atoms with Gasteiger partial charge >= 0.3 is 0 Å². The Morgan fingerprint density at radius 3 is 2.48 bits per heavy atom. The highest BCUT2D eigenvalue weighted by Gasteiger charge is 2.36. The van der Waals surface area contributed by atoms with Crippen LogP contribution in [-0.2, 0) is 6.54 Å². The number of unbranched alkanes of at least 4 members (excludes halogenated alkanes) is 1. The van der Waals surface area contributed by atoms with Gasteiger partial charge in [-0.2, -0.15) is 0 Å². The topological polar surface area (TPSA) is 60.9 Å². The van der Waals surface area contributed by atoms with Crippen molar-refractivity contribution < 1.29 is 14.4 Å². The summed E-state index contributed by atoms with van der Waals surface area (Å²) >= 11 is 1.75. The van der Waals surface area contributed by atoms with Gasteiger partial charge < -0.3 is 4.90 Å². The van der Waals surface area contributed by atoms with Crippen LogP contribution < -0.4 is 0 Å². The van der Waals surface area contributed by atoms with Gasteiger partial charge in [0.05, 0.1) is 11.1 Å². The van der Waals surface area contributed by atoms with E-state index in [-0.39, 0.29) is 17.7 Å². The number of hydrogen-bond acceptors (Lipinski definition) is 5. The van der Waals surface area contributed by atoms with E-state index in [9.17, 15) is 14.4 Å². The van der Waals surface area contributed by atoms with E-state index < -0.39 is 0 Å². The van der Waals surface area contributed by atoms with E-state index in [1.807, 2.05) is 11.8 Å². The monoisotopic (exact) mass is 411 g/mol. The first-order valence-corrected chi connectivity index (χ1v) is 11.0. The molecule has 0 saturated carbocycles. The number of fused-ring (bicyclic) bond motifs is 1. The van der Waals surface area contributed by atoms with Crippen LogP contribution in [0.25, 0.3) is 0 Å². The average Bonchev–Trinajstić information content (AvgIpc) is 3.33. The number of benzene rings is 1. The van der Waals surface area contributed by atoms with Crippen LogP contribution in [0.2, 0.25) is 0 Å². The fourth-order valence-electron chi connectivity index (χ4n) is 3.86. The fraction of sp³-hybridized carbons (Fsp3) is 0.409. The van der Waals surface area contributed by atoms with Crippen molar-refractivity contribution in [2.75, 3.05) is 32.7 Å². The summed E-state index contributed by atoms with van der Waals surface area (Å²) < 4.78 is 0. The van der Waals surface area contributed by atoms with E-state index in [4.69, 9.17) is 0 Å². The maximum Gasteiger partial charge on any atom is 0.261 e. The number of carbonyl (C=O) groups excluding carboxylic acids is 3. The first-order chi connectivity index (χ1) is 14.1. The largest absolute Gasteiger partial charge is 0.336 e. The van der Waals surface area contributed by atoms with E-state index in [2.05, 4.69) is 22.4 Å². The van der Waals surface area contributed by atoms with Gasteiger partial charge in [-0.15, -0.1) is 11.3 Å². The van der Waals surface area contributed by atoms with Crippen molar-refractivity contribution >= 4 is 29.1 Å². The minimum Gasteiger partial charge on any atom is -0.336 e. The second-order valence-corrected chi connectivity index (χ2v) is 8.56. The lowest BCUT2D eigenvalue weighted by Crippen LogP contribution is -2.48. The third-order valence-electron chi connectivity index (χ3n) is 5.57. The number of rotatable bonds is 6. The maximum absolute atomic E-state index is 13.0. The zero-order chi connectivity index (χ0) is 20.4. The quantitative estimate of drug-likeness (QED) is 0.686. The SMILES string of the molecule is CCCCN1C(=O)c2ccc(C(=O)N3CCN(Cc4cccs4)CC3)cc2C1=O. The number of nitrogens with zero attached hydrogens (tertiary/aromatic N) is 3. The van der Waals surface area contributed by atoms with Gasteiger partial charge in [-0.25, -0.2) is 0 Å². The Balaban J connectivity index is 1.41. The predicted molar refractivity (Wildman–Crippen MR) is 112 cm³/mol. The van der Waals surface area contributed by atoms with Crippen molar-refractivity contribution in [2.24, 2.45) is 0 Å². The van der Waals surface area contributed by atoms with Crippen molar-refractivity contribution in [1.29, 1.82) is 0 Å². The highest BCUT2D eigenvalue weighted by molar-refractivity contribution is 7.09. The van der Waals surface area contributed by atoms with E-state index in [0.29, 0.717) is 36.3 Å². The van der Waals surface area contributed by atoms with Crippen LogP contribution in [0.3, 0.4) is 0 Å². The lowest BCUT2D eigenvalue weighted by molar-refractivity contribution is 0.0627. The van der Waals surface area contributed by atoms with Gasteiger partial charge in [0, 0.05) is 49.7 Å². The normalized spacial score (nSPS) is 17.1. The highest BCUT2D eigenvalue weighted by atomic mass is 32.1. The molecule has 2 aliphatic heterocycles. The van der Waals surface area contributed by atoms with Crippen LogP contribution in [0.15, 0.2) is 35.7 Å². The van der Waals surface area contributed by atoms with Crippen molar-refractivity contribution in [3.63, 3.8) is 0 Å². The van der Waals surface area contributed by atoms with Gasteiger partial charge in [0.15, 0.2) is 0 Å². The van der Waals surface area contributed by atoms with Crippen LogP contribution in [0.5, 0.6) is 0 Å². The average molecular weight is 412 g/mol. The number of carbonyl (C=O) groups is 3. The van der Waals surface area contributed by atoms with Crippen molar-refractivity contribution in [3.05, 3.63) is 57.3 Å². The number of thiophene rings is 1. The fourth-order valence-corrected chi connectivity index (χ4v) is 4.60. The van der Waals surface area contributed by atoms with Crippen LogP contribution in [0.1, 0.15) is 55.7 Å². The number of hydrogen-bond donors (Lipinski definition) is 0. The van der Waals surface area contributed by atoms with Crippen molar-refractivity contribution in [3.8, 4) is 0 Å². The van der Waals surface area contributed by atoms with Gasteiger partial charge in [0.1, 0.15) is 0 Å². The molecule has 1 saturated heterocycles. The third kappa shape index (κ3) is 3.97. The molecule has 3 amide bonds. The summed E-state index contributed by atoms with van der Waals surface area (Å²) in [6, 6.07) is 9.09. The summed E-state index contributed by atoms with van der Waals surface area (Å²) in [4.78, 5) is 44.9. The van der Waals surface area contributed by atoms with Crippen molar-refractivity contribution in [2.45, 2.75) is 26.3 Å². The number of amides is 3. The third-order valence-corrected chi connectivity index (χ3v) is 6.43. The summed E-state index contributed by atoms with van der Waals surface area (Å²) in [7, 11) is 0. The molecular formula is C22H25N3O3S. The predicted octanol–water partition coefficient (Wildman–Crippen LogP) is 3.10. The first-order valence-electron chi connectivity index (χ1n) is 10.1. The number of imide groups is 1. The van der Waals surface area contributed by atoms with Gasteiger partial charge in [-0.3, -0.25) is 24.2 Å².